The molecule has 1 aliphatic rings. The van der Waals surface area contributed by atoms with E-state index in [0.717, 1.165) is 25.1 Å². The molecule has 1 aromatic rings. The fourth-order valence-corrected chi connectivity index (χ4v) is 2.10. The highest BCUT2D eigenvalue weighted by atomic mass is 16.6. The number of aliphatic hydroxyl groups excluding tert-OH is 1. The van der Waals surface area contributed by atoms with Gasteiger partial charge in [0.1, 0.15) is 0 Å². The van der Waals surface area contributed by atoms with Crippen molar-refractivity contribution >= 4 is 11.4 Å². The van der Waals surface area contributed by atoms with Gasteiger partial charge in [0, 0.05) is 23.9 Å². The number of hydrogen-bond acceptors (Lipinski definition) is 4. The molecule has 1 fully saturated rings. The number of nitro benzene ring substituents is 1. The summed E-state index contributed by atoms with van der Waals surface area (Å²) in [4.78, 5) is 10.3. The van der Waals surface area contributed by atoms with Crippen molar-refractivity contribution < 1.29 is 10.0 Å². The number of rotatable bonds is 4. The van der Waals surface area contributed by atoms with Crippen molar-refractivity contribution in [3.8, 4) is 0 Å². The normalized spacial score (nSPS) is 22.9. The highest BCUT2D eigenvalue weighted by molar-refractivity contribution is 5.53. The van der Waals surface area contributed by atoms with Gasteiger partial charge in [-0.15, -0.1) is 0 Å². The number of nitro groups is 1. The molecule has 0 spiro atoms. The Bertz CT molecular complexity index is 428. The third kappa shape index (κ3) is 2.74. The summed E-state index contributed by atoms with van der Waals surface area (Å²) in [5.41, 5.74) is 1.71. The largest absolute Gasteiger partial charge is 0.393 e. The second-order valence-corrected chi connectivity index (χ2v) is 4.63. The van der Waals surface area contributed by atoms with Gasteiger partial charge in [-0.25, -0.2) is 0 Å². The SMILES string of the molecule is Cc1cc(NCC2CC(O)C2)ccc1[N+](=O)[O-]. The minimum absolute atomic E-state index is 0.139. The van der Waals surface area contributed by atoms with Crippen molar-refractivity contribution in [1.29, 1.82) is 0 Å². The highest BCUT2D eigenvalue weighted by Gasteiger charge is 2.26. The Morgan fingerprint density at radius 2 is 2.24 bits per heavy atom. The first-order chi connectivity index (χ1) is 8.06. The molecule has 0 amide bonds. The summed E-state index contributed by atoms with van der Waals surface area (Å²) in [6.45, 7) is 2.55. The van der Waals surface area contributed by atoms with Gasteiger partial charge >= 0.3 is 0 Å². The molecule has 0 heterocycles. The smallest absolute Gasteiger partial charge is 0.272 e. The van der Waals surface area contributed by atoms with E-state index in [0.29, 0.717) is 11.5 Å². The molecule has 2 N–H and O–H groups in total. The Hall–Kier alpha value is -1.62. The summed E-state index contributed by atoms with van der Waals surface area (Å²) < 4.78 is 0. The maximum atomic E-state index is 10.6. The molecule has 1 aromatic carbocycles. The van der Waals surface area contributed by atoms with Gasteiger partial charge in [-0.3, -0.25) is 10.1 Å². The molecule has 0 saturated heterocycles. The summed E-state index contributed by atoms with van der Waals surface area (Å²) in [6, 6.07) is 5.03. The zero-order valence-electron chi connectivity index (χ0n) is 9.72. The summed E-state index contributed by atoms with van der Waals surface area (Å²) in [5, 5.41) is 23.0. The molecule has 1 aliphatic carbocycles. The summed E-state index contributed by atoms with van der Waals surface area (Å²) in [6.07, 6.45) is 1.55. The average Bonchev–Trinajstić information content (AvgIpc) is 2.22. The van der Waals surface area contributed by atoms with E-state index in [9.17, 15) is 10.1 Å². The van der Waals surface area contributed by atoms with Gasteiger partial charge in [0.2, 0.25) is 0 Å². The van der Waals surface area contributed by atoms with Crippen molar-refractivity contribution in [2.24, 2.45) is 5.92 Å². The summed E-state index contributed by atoms with van der Waals surface area (Å²) >= 11 is 0. The standard InChI is InChI=1S/C12H16N2O3/c1-8-4-10(2-3-12(8)14(16)17)13-7-9-5-11(15)6-9/h2-4,9,11,13,15H,5-7H2,1H3. The van der Waals surface area contributed by atoms with E-state index < -0.39 is 0 Å². The Kier molecular flexibility index (Phi) is 3.28. The molecule has 0 atom stereocenters. The molecule has 2 rings (SSSR count). The van der Waals surface area contributed by atoms with E-state index in [2.05, 4.69) is 5.32 Å². The Labute approximate surface area is 99.6 Å². The van der Waals surface area contributed by atoms with Crippen molar-refractivity contribution in [1.82, 2.24) is 0 Å². The van der Waals surface area contributed by atoms with E-state index in [4.69, 9.17) is 5.11 Å². The number of aliphatic hydroxyl groups is 1. The van der Waals surface area contributed by atoms with Crippen LogP contribution in [0.2, 0.25) is 0 Å². The predicted octanol–water partition coefficient (Wildman–Crippen LogP) is 2.09. The van der Waals surface area contributed by atoms with Gasteiger partial charge in [-0.05, 0) is 37.8 Å². The molecular weight excluding hydrogens is 220 g/mol. The monoisotopic (exact) mass is 236 g/mol. The lowest BCUT2D eigenvalue weighted by molar-refractivity contribution is -0.385. The predicted molar refractivity (Wildman–Crippen MR) is 65.1 cm³/mol. The molecule has 92 valence electrons. The number of benzene rings is 1. The van der Waals surface area contributed by atoms with Crippen LogP contribution in [0.1, 0.15) is 18.4 Å². The first-order valence-electron chi connectivity index (χ1n) is 5.73. The van der Waals surface area contributed by atoms with Gasteiger partial charge in [0.25, 0.3) is 5.69 Å². The van der Waals surface area contributed by atoms with Crippen LogP contribution in [0, 0.1) is 23.0 Å². The third-order valence-corrected chi connectivity index (χ3v) is 3.20. The van der Waals surface area contributed by atoms with E-state index in [1.165, 1.54) is 6.07 Å². The van der Waals surface area contributed by atoms with Crippen LogP contribution in [-0.4, -0.2) is 22.7 Å². The van der Waals surface area contributed by atoms with Crippen LogP contribution < -0.4 is 5.32 Å². The number of hydrogen-bond donors (Lipinski definition) is 2. The van der Waals surface area contributed by atoms with E-state index >= 15 is 0 Å². The molecule has 1 saturated carbocycles. The molecular formula is C12H16N2O3. The first-order valence-corrected chi connectivity index (χ1v) is 5.73. The average molecular weight is 236 g/mol. The van der Waals surface area contributed by atoms with Crippen LogP contribution in [0.4, 0.5) is 11.4 Å². The summed E-state index contributed by atoms with van der Waals surface area (Å²) in [7, 11) is 0. The minimum atomic E-state index is -0.374. The number of nitrogens with one attached hydrogen (secondary N) is 1. The maximum absolute atomic E-state index is 10.6. The van der Waals surface area contributed by atoms with Crippen LogP contribution in [0.25, 0.3) is 0 Å². The topological polar surface area (TPSA) is 75.4 Å². The summed E-state index contributed by atoms with van der Waals surface area (Å²) in [5.74, 6) is 0.514. The maximum Gasteiger partial charge on any atom is 0.272 e. The molecule has 0 radical (unpaired) electrons. The van der Waals surface area contributed by atoms with Crippen LogP contribution >= 0.6 is 0 Å². The zero-order chi connectivity index (χ0) is 12.4. The van der Waals surface area contributed by atoms with Crippen molar-refractivity contribution in [3.05, 3.63) is 33.9 Å². The Morgan fingerprint density at radius 3 is 2.76 bits per heavy atom. The lowest BCUT2D eigenvalue weighted by Gasteiger charge is -2.31. The molecule has 0 bridgehead atoms. The zero-order valence-corrected chi connectivity index (χ0v) is 9.72. The molecule has 0 aromatic heterocycles. The van der Waals surface area contributed by atoms with Gasteiger partial charge in [-0.2, -0.15) is 0 Å². The molecule has 0 aliphatic heterocycles. The fraction of sp³-hybridized carbons (Fsp3) is 0.500. The lowest BCUT2D eigenvalue weighted by atomic mass is 9.82. The van der Waals surface area contributed by atoms with Gasteiger partial charge in [0.15, 0.2) is 0 Å². The first kappa shape index (κ1) is 11.9. The van der Waals surface area contributed by atoms with Crippen LogP contribution in [0.3, 0.4) is 0 Å². The highest BCUT2D eigenvalue weighted by Crippen LogP contribution is 2.28. The van der Waals surface area contributed by atoms with E-state index in [1.54, 1.807) is 19.1 Å². The van der Waals surface area contributed by atoms with Crippen molar-refractivity contribution in [2.75, 3.05) is 11.9 Å². The van der Waals surface area contributed by atoms with E-state index in [-0.39, 0.29) is 16.7 Å². The number of aryl methyl sites for hydroxylation is 1. The Balaban J connectivity index is 1.93. The molecule has 0 unspecified atom stereocenters. The number of anilines is 1. The third-order valence-electron chi connectivity index (χ3n) is 3.20. The second-order valence-electron chi connectivity index (χ2n) is 4.63. The fourth-order valence-electron chi connectivity index (χ4n) is 2.10. The minimum Gasteiger partial charge on any atom is -0.393 e. The van der Waals surface area contributed by atoms with Crippen LogP contribution in [0.5, 0.6) is 0 Å². The molecule has 5 nitrogen and oxygen atoms in total. The van der Waals surface area contributed by atoms with Crippen molar-refractivity contribution in [3.63, 3.8) is 0 Å². The second kappa shape index (κ2) is 4.71. The Morgan fingerprint density at radius 1 is 1.53 bits per heavy atom. The van der Waals surface area contributed by atoms with Crippen LogP contribution in [-0.2, 0) is 0 Å². The van der Waals surface area contributed by atoms with Gasteiger partial charge in [0.05, 0.1) is 11.0 Å². The van der Waals surface area contributed by atoms with Crippen LogP contribution in [0.15, 0.2) is 18.2 Å². The molecule has 5 heteroatoms. The number of nitrogens with zero attached hydrogens (tertiary/aromatic N) is 1. The van der Waals surface area contributed by atoms with Crippen molar-refractivity contribution in [2.45, 2.75) is 25.9 Å². The van der Waals surface area contributed by atoms with Gasteiger partial charge in [-0.1, -0.05) is 0 Å². The lowest BCUT2D eigenvalue weighted by Crippen LogP contribution is -2.33. The molecule has 17 heavy (non-hydrogen) atoms. The quantitative estimate of drug-likeness (QED) is 0.620. The van der Waals surface area contributed by atoms with Gasteiger partial charge < -0.3 is 10.4 Å². The van der Waals surface area contributed by atoms with E-state index in [1.807, 2.05) is 0 Å².